The number of benzene rings is 1. The molecule has 31 heavy (non-hydrogen) atoms. The average molecular weight is 435 g/mol. The molecule has 7 heteroatoms. The number of thiazole rings is 1. The van der Waals surface area contributed by atoms with Crippen LogP contribution in [0.25, 0.3) is 10.7 Å². The van der Waals surface area contributed by atoms with Crippen LogP contribution in [0.4, 0.5) is 11.6 Å². The molecule has 2 heterocycles. The second kappa shape index (κ2) is 10.9. The van der Waals surface area contributed by atoms with E-state index < -0.39 is 0 Å². The Morgan fingerprint density at radius 3 is 2.58 bits per heavy atom. The molecule has 0 aliphatic heterocycles. The molecule has 2 N–H and O–H groups in total. The fourth-order valence-corrected chi connectivity index (χ4v) is 4.29. The molecule has 3 rings (SSSR count). The number of allylic oxidation sites excluding steroid dienone is 1. The van der Waals surface area contributed by atoms with Crippen molar-refractivity contribution < 1.29 is 0 Å². The molecule has 0 spiro atoms. The van der Waals surface area contributed by atoms with E-state index in [-0.39, 0.29) is 0 Å². The summed E-state index contributed by atoms with van der Waals surface area (Å²) in [5.41, 5.74) is 6.36. The van der Waals surface area contributed by atoms with Gasteiger partial charge in [-0.05, 0) is 63.9 Å². The van der Waals surface area contributed by atoms with E-state index in [0.29, 0.717) is 5.95 Å². The molecular formula is C24H30N6S. The van der Waals surface area contributed by atoms with Crippen molar-refractivity contribution in [3.63, 3.8) is 0 Å². The van der Waals surface area contributed by atoms with Crippen LogP contribution in [-0.4, -0.2) is 27.7 Å². The predicted molar refractivity (Wildman–Crippen MR) is 131 cm³/mol. The molecule has 0 amide bonds. The number of nitrogens with zero attached hydrogens (tertiary/aromatic N) is 4. The van der Waals surface area contributed by atoms with E-state index in [0.717, 1.165) is 47.3 Å². The third-order valence-electron chi connectivity index (χ3n) is 4.72. The van der Waals surface area contributed by atoms with Gasteiger partial charge in [0.2, 0.25) is 5.95 Å². The Morgan fingerprint density at radius 2 is 1.87 bits per heavy atom. The third kappa shape index (κ3) is 6.54. The maximum absolute atomic E-state index is 4.74. The second-order valence-corrected chi connectivity index (χ2v) is 8.47. The smallest absolute Gasteiger partial charge is 0.227 e. The van der Waals surface area contributed by atoms with Crippen molar-refractivity contribution in [3.8, 4) is 10.7 Å². The minimum atomic E-state index is 0.574. The Kier molecular flexibility index (Phi) is 8.03. The number of nitrogens with one attached hydrogen (secondary N) is 2. The molecule has 0 atom stereocenters. The van der Waals surface area contributed by atoms with Crippen LogP contribution in [0.1, 0.15) is 42.0 Å². The summed E-state index contributed by atoms with van der Waals surface area (Å²) in [6, 6.07) is 8.23. The molecule has 0 unspecified atom stereocenters. The van der Waals surface area contributed by atoms with Gasteiger partial charge < -0.3 is 10.6 Å². The molecular weight excluding hydrogens is 404 g/mol. The van der Waals surface area contributed by atoms with Gasteiger partial charge in [-0.3, -0.25) is 4.99 Å². The van der Waals surface area contributed by atoms with Crippen LogP contribution in [0.3, 0.4) is 0 Å². The summed E-state index contributed by atoms with van der Waals surface area (Å²) in [5.74, 6) is 0.574. The fourth-order valence-electron chi connectivity index (χ4n) is 3.28. The lowest BCUT2D eigenvalue weighted by molar-refractivity contribution is 0.685. The predicted octanol–water partition coefficient (Wildman–Crippen LogP) is 5.74. The zero-order chi connectivity index (χ0) is 22.2. The zero-order valence-electron chi connectivity index (χ0n) is 18.9. The van der Waals surface area contributed by atoms with Gasteiger partial charge >= 0.3 is 0 Å². The molecule has 162 valence electrons. The molecule has 0 fully saturated rings. The van der Waals surface area contributed by atoms with E-state index in [1.807, 2.05) is 33.1 Å². The monoisotopic (exact) mass is 434 g/mol. The molecule has 1 aromatic carbocycles. The standard InChI is InChI=1S/C24H30N6S/c1-6-19(26-7-2)8-10-25-15-22-18(5)28-23(31-22)21-9-11-27-24(30-21)29-20-13-16(3)12-17(4)14-20/h6-7,9,11-14,25H,8,10,15H2,1-5H3,(H,27,29,30)/b19-6-,26-7?. The summed E-state index contributed by atoms with van der Waals surface area (Å²) >= 11 is 1.67. The van der Waals surface area contributed by atoms with Crippen molar-refractivity contribution in [3.05, 3.63) is 63.9 Å². The molecule has 0 aliphatic carbocycles. The van der Waals surface area contributed by atoms with E-state index in [2.05, 4.69) is 63.7 Å². The Labute approximate surface area is 188 Å². The number of aryl methyl sites for hydroxylation is 3. The first-order chi connectivity index (χ1) is 15.0. The maximum atomic E-state index is 4.74. The molecule has 2 aromatic heterocycles. The van der Waals surface area contributed by atoms with Gasteiger partial charge in [0.25, 0.3) is 0 Å². The van der Waals surface area contributed by atoms with Crippen molar-refractivity contribution in [2.75, 3.05) is 11.9 Å². The maximum Gasteiger partial charge on any atom is 0.227 e. The third-order valence-corrected chi connectivity index (χ3v) is 5.90. The van der Waals surface area contributed by atoms with Gasteiger partial charge in [-0.2, -0.15) is 0 Å². The number of hydrogen-bond acceptors (Lipinski definition) is 7. The first kappa shape index (κ1) is 22.8. The highest BCUT2D eigenvalue weighted by molar-refractivity contribution is 7.15. The van der Waals surface area contributed by atoms with Crippen LogP contribution in [-0.2, 0) is 6.54 Å². The molecule has 0 aliphatic rings. The van der Waals surface area contributed by atoms with Gasteiger partial charge in [0.15, 0.2) is 0 Å². The second-order valence-electron chi connectivity index (χ2n) is 7.39. The van der Waals surface area contributed by atoms with Crippen molar-refractivity contribution in [2.24, 2.45) is 4.99 Å². The molecule has 3 aromatic rings. The lowest BCUT2D eigenvalue weighted by Gasteiger charge is -2.07. The number of aliphatic imine (C=N–C) groups is 1. The SMILES string of the molecule is CC=N/C(=C\C)CCNCc1sc(-c2ccnc(Nc3cc(C)cc(C)c3)n2)nc1C. The lowest BCUT2D eigenvalue weighted by Crippen LogP contribution is -2.14. The first-order valence-electron chi connectivity index (χ1n) is 10.5. The Bertz CT molecular complexity index is 1060. The summed E-state index contributed by atoms with van der Waals surface area (Å²) in [6.07, 6.45) is 6.57. The van der Waals surface area contributed by atoms with Gasteiger partial charge in [-0.15, -0.1) is 11.3 Å². The van der Waals surface area contributed by atoms with Gasteiger partial charge in [0.05, 0.1) is 5.69 Å². The minimum Gasteiger partial charge on any atom is -0.324 e. The summed E-state index contributed by atoms with van der Waals surface area (Å²) in [7, 11) is 0. The normalized spacial score (nSPS) is 12.0. The molecule has 0 saturated heterocycles. The minimum absolute atomic E-state index is 0.574. The Balaban J connectivity index is 1.66. The van der Waals surface area contributed by atoms with Gasteiger partial charge in [0.1, 0.15) is 10.7 Å². The van der Waals surface area contributed by atoms with Gasteiger partial charge in [-0.25, -0.2) is 15.0 Å². The van der Waals surface area contributed by atoms with Crippen molar-refractivity contribution in [1.29, 1.82) is 0 Å². The van der Waals surface area contributed by atoms with Crippen molar-refractivity contribution in [2.45, 2.75) is 47.6 Å². The summed E-state index contributed by atoms with van der Waals surface area (Å²) < 4.78 is 0. The van der Waals surface area contributed by atoms with Gasteiger partial charge in [0, 0.05) is 48.2 Å². The average Bonchev–Trinajstić information content (AvgIpc) is 3.10. The van der Waals surface area contributed by atoms with Crippen molar-refractivity contribution >= 4 is 29.2 Å². The quantitative estimate of drug-likeness (QED) is 0.332. The van der Waals surface area contributed by atoms with E-state index in [9.17, 15) is 0 Å². The molecule has 0 bridgehead atoms. The molecule has 6 nitrogen and oxygen atoms in total. The number of aromatic nitrogens is 3. The largest absolute Gasteiger partial charge is 0.324 e. The highest BCUT2D eigenvalue weighted by atomic mass is 32.1. The van der Waals surface area contributed by atoms with E-state index >= 15 is 0 Å². The van der Waals surface area contributed by atoms with Crippen LogP contribution in [0.5, 0.6) is 0 Å². The highest BCUT2D eigenvalue weighted by Crippen LogP contribution is 2.27. The van der Waals surface area contributed by atoms with Crippen LogP contribution in [0.15, 0.2) is 47.2 Å². The number of anilines is 2. The highest BCUT2D eigenvalue weighted by Gasteiger charge is 2.12. The molecule has 0 saturated carbocycles. The van der Waals surface area contributed by atoms with Crippen LogP contribution >= 0.6 is 11.3 Å². The summed E-state index contributed by atoms with van der Waals surface area (Å²) in [6.45, 7) is 11.8. The Hall–Kier alpha value is -2.90. The van der Waals surface area contributed by atoms with E-state index in [1.165, 1.54) is 16.0 Å². The van der Waals surface area contributed by atoms with E-state index in [1.54, 1.807) is 17.5 Å². The van der Waals surface area contributed by atoms with Crippen LogP contribution < -0.4 is 10.6 Å². The Morgan fingerprint density at radius 1 is 1.10 bits per heavy atom. The number of hydrogen-bond donors (Lipinski definition) is 2. The van der Waals surface area contributed by atoms with Crippen LogP contribution in [0.2, 0.25) is 0 Å². The zero-order valence-corrected chi connectivity index (χ0v) is 19.7. The number of rotatable bonds is 9. The lowest BCUT2D eigenvalue weighted by atomic mass is 10.1. The molecule has 0 radical (unpaired) electrons. The fraction of sp³-hybridized carbons (Fsp3) is 0.333. The topological polar surface area (TPSA) is 75.1 Å². The first-order valence-corrected chi connectivity index (χ1v) is 11.3. The summed E-state index contributed by atoms with van der Waals surface area (Å²) in [5, 5.41) is 7.71. The van der Waals surface area contributed by atoms with Crippen molar-refractivity contribution in [1.82, 2.24) is 20.3 Å². The van der Waals surface area contributed by atoms with Gasteiger partial charge in [-0.1, -0.05) is 12.1 Å². The van der Waals surface area contributed by atoms with E-state index in [4.69, 9.17) is 4.98 Å². The van der Waals surface area contributed by atoms with Crippen LogP contribution in [0, 0.1) is 20.8 Å². The summed E-state index contributed by atoms with van der Waals surface area (Å²) in [4.78, 5) is 19.4.